The molecular weight excluding hydrogens is 444 g/mol. The van der Waals surface area contributed by atoms with Crippen molar-refractivity contribution in [2.24, 2.45) is 5.41 Å². The molecule has 1 amide bonds. The molecule has 3 aromatic rings. The summed E-state index contributed by atoms with van der Waals surface area (Å²) in [6.07, 6.45) is -3.35. The number of halogens is 4. The predicted octanol–water partition coefficient (Wildman–Crippen LogP) is 3.86. The Morgan fingerprint density at radius 3 is 2.52 bits per heavy atom. The van der Waals surface area contributed by atoms with Gasteiger partial charge in [-0.15, -0.1) is 0 Å². The minimum absolute atomic E-state index is 0.0227. The summed E-state index contributed by atoms with van der Waals surface area (Å²) in [4.78, 5) is 32.7. The highest BCUT2D eigenvalue weighted by molar-refractivity contribution is 6.05. The van der Waals surface area contributed by atoms with Crippen molar-refractivity contribution in [2.45, 2.75) is 39.9 Å². The second kappa shape index (κ2) is 9.12. The number of carbonyl (C=O) groups excluding carboxylic acids is 2. The number of alkyl halides is 3. The Labute approximate surface area is 186 Å². The Hall–Kier alpha value is -3.57. The smallest absolute Gasteiger partial charge is 0.360 e. The lowest BCUT2D eigenvalue weighted by molar-refractivity contribution is -0.140. The molecule has 0 fully saturated rings. The molecule has 0 unspecified atom stereocenters. The molecule has 3 rings (SSSR count). The van der Waals surface area contributed by atoms with Crippen LogP contribution in [0.25, 0.3) is 11.0 Å². The maximum atomic E-state index is 13.4. The van der Waals surface area contributed by atoms with Crippen molar-refractivity contribution in [1.82, 2.24) is 25.5 Å². The van der Waals surface area contributed by atoms with E-state index in [-0.39, 0.29) is 52.4 Å². The van der Waals surface area contributed by atoms with E-state index in [4.69, 9.17) is 0 Å². The number of H-pyrrole nitrogens is 1. The Bertz CT molecular complexity index is 1180. The molecule has 0 saturated carbocycles. The lowest BCUT2D eigenvalue weighted by Crippen LogP contribution is -2.24. The number of ketones is 1. The summed E-state index contributed by atoms with van der Waals surface area (Å²) in [7, 11) is 0. The predicted molar refractivity (Wildman–Crippen MR) is 112 cm³/mol. The number of aromatic nitrogens is 4. The highest BCUT2D eigenvalue weighted by atomic mass is 19.4. The highest BCUT2D eigenvalue weighted by Gasteiger charge is 2.34. The summed E-state index contributed by atoms with van der Waals surface area (Å²) in [5, 5.41) is 12.0. The zero-order chi connectivity index (χ0) is 24.4. The van der Waals surface area contributed by atoms with Gasteiger partial charge in [0.15, 0.2) is 17.3 Å². The number of rotatable bonds is 7. The fraction of sp³-hybridized carbons (Fsp3) is 0.381. The van der Waals surface area contributed by atoms with Crippen molar-refractivity contribution in [2.75, 3.05) is 11.9 Å². The summed E-state index contributed by atoms with van der Waals surface area (Å²) in [6.45, 7) is 5.58. The van der Waals surface area contributed by atoms with Crippen LogP contribution in [0, 0.1) is 11.2 Å². The van der Waals surface area contributed by atoms with Crippen molar-refractivity contribution in [1.29, 1.82) is 0 Å². The van der Waals surface area contributed by atoms with Gasteiger partial charge in [0.25, 0.3) is 5.91 Å². The Morgan fingerprint density at radius 1 is 1.12 bits per heavy atom. The number of nitrogens with zero attached hydrogens (tertiary/aromatic N) is 3. The van der Waals surface area contributed by atoms with E-state index in [0.29, 0.717) is 18.6 Å². The van der Waals surface area contributed by atoms with Crippen LogP contribution in [0.4, 0.5) is 23.4 Å². The Balaban J connectivity index is 1.72. The van der Waals surface area contributed by atoms with Crippen LogP contribution in [-0.2, 0) is 17.5 Å². The SMILES string of the molecule is CC(C)(C)CC(=O)CNc1n[nH]c2c(C(=O)NCc3ccc(F)c(C(F)(F)F)c3)ncnc12. The zero-order valence-electron chi connectivity index (χ0n) is 18.1. The van der Waals surface area contributed by atoms with E-state index in [0.717, 1.165) is 12.4 Å². The molecule has 2 heterocycles. The van der Waals surface area contributed by atoms with Gasteiger partial charge in [-0.2, -0.15) is 18.3 Å². The topological polar surface area (TPSA) is 113 Å². The zero-order valence-corrected chi connectivity index (χ0v) is 18.1. The van der Waals surface area contributed by atoms with Gasteiger partial charge in [-0.1, -0.05) is 26.8 Å². The lowest BCUT2D eigenvalue weighted by Gasteiger charge is -2.16. The van der Waals surface area contributed by atoms with E-state index in [1.54, 1.807) is 0 Å². The standard InChI is InChI=1S/C21H22F4N6O2/c1-20(2,3)7-12(32)9-26-18-16-15(30-31-18)17(29-10-28-16)19(33)27-8-11-4-5-14(22)13(6-11)21(23,24)25/h4-6,10H,7-9H2,1-3H3,(H,27,33)(H2,26,30,31). The fourth-order valence-corrected chi connectivity index (χ4v) is 3.13. The van der Waals surface area contributed by atoms with Crippen molar-refractivity contribution in [3.8, 4) is 0 Å². The highest BCUT2D eigenvalue weighted by Crippen LogP contribution is 2.32. The van der Waals surface area contributed by atoms with Crippen LogP contribution < -0.4 is 10.6 Å². The summed E-state index contributed by atoms with van der Waals surface area (Å²) in [5.74, 6) is -1.85. The number of benzene rings is 1. The maximum absolute atomic E-state index is 13.4. The van der Waals surface area contributed by atoms with Crippen LogP contribution in [0.5, 0.6) is 0 Å². The van der Waals surface area contributed by atoms with Crippen molar-refractivity contribution in [3.63, 3.8) is 0 Å². The minimum Gasteiger partial charge on any atom is -0.360 e. The fourth-order valence-electron chi connectivity index (χ4n) is 3.13. The molecule has 8 nitrogen and oxygen atoms in total. The molecule has 176 valence electrons. The van der Waals surface area contributed by atoms with Gasteiger partial charge < -0.3 is 10.6 Å². The summed E-state index contributed by atoms with van der Waals surface area (Å²) >= 11 is 0. The first-order valence-electron chi connectivity index (χ1n) is 9.93. The first-order chi connectivity index (χ1) is 15.3. The number of amides is 1. The van der Waals surface area contributed by atoms with E-state index < -0.39 is 23.5 Å². The molecule has 0 saturated heterocycles. The number of fused-ring (bicyclic) bond motifs is 1. The average molecular weight is 466 g/mol. The third kappa shape index (κ3) is 6.02. The van der Waals surface area contributed by atoms with E-state index in [1.807, 2.05) is 20.8 Å². The van der Waals surface area contributed by atoms with Crippen LogP contribution in [0.1, 0.15) is 48.8 Å². The third-order valence-electron chi connectivity index (χ3n) is 4.54. The molecule has 12 heteroatoms. The molecular formula is C21H22F4N6O2. The van der Waals surface area contributed by atoms with Gasteiger partial charge in [-0.05, 0) is 23.1 Å². The van der Waals surface area contributed by atoms with E-state index in [1.165, 1.54) is 0 Å². The first kappa shape index (κ1) is 24.1. The van der Waals surface area contributed by atoms with Gasteiger partial charge in [0.05, 0.1) is 12.1 Å². The average Bonchev–Trinajstić information content (AvgIpc) is 3.12. The van der Waals surface area contributed by atoms with Crippen LogP contribution >= 0.6 is 0 Å². The second-order valence-electron chi connectivity index (χ2n) is 8.64. The number of anilines is 1. The lowest BCUT2D eigenvalue weighted by atomic mass is 9.90. The quantitative estimate of drug-likeness (QED) is 0.456. The van der Waals surface area contributed by atoms with Crippen molar-refractivity contribution < 1.29 is 27.2 Å². The summed E-state index contributed by atoms with van der Waals surface area (Å²) in [5.41, 5.74) is -1.13. The van der Waals surface area contributed by atoms with Gasteiger partial charge >= 0.3 is 6.18 Å². The molecule has 1 aromatic carbocycles. The Morgan fingerprint density at radius 2 is 1.85 bits per heavy atom. The number of nitrogens with one attached hydrogen (secondary N) is 3. The molecule has 33 heavy (non-hydrogen) atoms. The van der Waals surface area contributed by atoms with Gasteiger partial charge in [-0.3, -0.25) is 14.7 Å². The second-order valence-corrected chi connectivity index (χ2v) is 8.64. The van der Waals surface area contributed by atoms with Crippen LogP contribution in [0.3, 0.4) is 0 Å². The van der Waals surface area contributed by atoms with Crippen LogP contribution in [0.15, 0.2) is 24.5 Å². The largest absolute Gasteiger partial charge is 0.419 e. The van der Waals surface area contributed by atoms with Crippen LogP contribution in [-0.4, -0.2) is 38.4 Å². The molecule has 2 aromatic heterocycles. The minimum atomic E-state index is -4.85. The number of hydrogen-bond acceptors (Lipinski definition) is 6. The van der Waals surface area contributed by atoms with E-state index in [9.17, 15) is 27.2 Å². The van der Waals surface area contributed by atoms with E-state index >= 15 is 0 Å². The van der Waals surface area contributed by atoms with Crippen molar-refractivity contribution in [3.05, 3.63) is 47.2 Å². The normalized spacial score (nSPS) is 12.1. The maximum Gasteiger partial charge on any atom is 0.419 e. The summed E-state index contributed by atoms with van der Waals surface area (Å²) < 4.78 is 52.1. The summed E-state index contributed by atoms with van der Waals surface area (Å²) in [6, 6.07) is 2.48. The van der Waals surface area contributed by atoms with Gasteiger partial charge in [0.2, 0.25) is 0 Å². The molecule has 0 atom stereocenters. The number of hydrogen-bond donors (Lipinski definition) is 3. The van der Waals surface area contributed by atoms with Crippen molar-refractivity contribution >= 4 is 28.5 Å². The molecule has 0 bridgehead atoms. The first-order valence-corrected chi connectivity index (χ1v) is 9.93. The molecule has 0 spiro atoms. The molecule has 0 aliphatic heterocycles. The molecule has 3 N–H and O–H groups in total. The van der Waals surface area contributed by atoms with Gasteiger partial charge in [-0.25, -0.2) is 14.4 Å². The third-order valence-corrected chi connectivity index (χ3v) is 4.54. The van der Waals surface area contributed by atoms with Gasteiger partial charge in [0.1, 0.15) is 23.2 Å². The molecule has 0 aliphatic carbocycles. The van der Waals surface area contributed by atoms with Crippen LogP contribution in [0.2, 0.25) is 0 Å². The molecule has 0 aliphatic rings. The number of Topliss-reactive ketones (excluding diaryl/α,β-unsaturated/α-hetero) is 1. The number of aromatic amines is 1. The van der Waals surface area contributed by atoms with Gasteiger partial charge in [0, 0.05) is 13.0 Å². The monoisotopic (exact) mass is 466 g/mol. The van der Waals surface area contributed by atoms with E-state index in [2.05, 4.69) is 30.8 Å². The Kier molecular flexibility index (Phi) is 6.65. The molecule has 0 radical (unpaired) electrons. The number of carbonyl (C=O) groups is 2.